The van der Waals surface area contributed by atoms with Gasteiger partial charge in [0, 0.05) is 0 Å². The lowest BCUT2D eigenvalue weighted by molar-refractivity contribution is 0.281. The fraction of sp³-hybridized carbons (Fsp3) is 0.294. The van der Waals surface area contributed by atoms with Gasteiger partial charge in [-0.2, -0.15) is 0 Å². The van der Waals surface area contributed by atoms with E-state index in [1.807, 2.05) is 43.3 Å². The Hall–Kier alpha value is -2.00. The van der Waals surface area contributed by atoms with Crippen molar-refractivity contribution in [3.05, 3.63) is 53.1 Å². The van der Waals surface area contributed by atoms with Crippen LogP contribution < -0.4 is 9.47 Å². The zero-order valence-corrected chi connectivity index (χ0v) is 12.1. The van der Waals surface area contributed by atoms with Gasteiger partial charge in [0.2, 0.25) is 0 Å². The van der Waals surface area contributed by atoms with E-state index in [-0.39, 0.29) is 6.61 Å². The molecule has 0 saturated carbocycles. The van der Waals surface area contributed by atoms with Crippen LogP contribution in [0.5, 0.6) is 17.2 Å². The minimum Gasteiger partial charge on any atom is -0.493 e. The lowest BCUT2D eigenvalue weighted by Gasteiger charge is -2.12. The molecule has 0 unspecified atom stereocenters. The summed E-state index contributed by atoms with van der Waals surface area (Å²) in [6, 6.07) is 11.6. The molecule has 106 valence electrons. The van der Waals surface area contributed by atoms with Gasteiger partial charge >= 0.3 is 0 Å². The minimum absolute atomic E-state index is 0.0423. The van der Waals surface area contributed by atoms with E-state index in [1.54, 1.807) is 7.11 Å². The second-order valence-corrected chi connectivity index (χ2v) is 4.69. The first-order valence-corrected chi connectivity index (χ1v) is 6.73. The van der Waals surface area contributed by atoms with E-state index in [0.29, 0.717) is 5.75 Å². The Morgan fingerprint density at radius 2 is 1.85 bits per heavy atom. The van der Waals surface area contributed by atoms with Gasteiger partial charge in [-0.05, 0) is 54.3 Å². The van der Waals surface area contributed by atoms with Crippen LogP contribution in [0.2, 0.25) is 0 Å². The molecule has 2 rings (SSSR count). The Bertz CT molecular complexity index is 591. The Morgan fingerprint density at radius 3 is 2.45 bits per heavy atom. The first-order chi connectivity index (χ1) is 9.67. The Morgan fingerprint density at radius 1 is 1.05 bits per heavy atom. The molecule has 0 heterocycles. The second-order valence-electron chi connectivity index (χ2n) is 4.69. The van der Waals surface area contributed by atoms with Crippen LogP contribution in [0.4, 0.5) is 0 Å². The first kappa shape index (κ1) is 14.4. The molecule has 1 N–H and O–H groups in total. The van der Waals surface area contributed by atoms with Crippen LogP contribution in [0.15, 0.2) is 36.4 Å². The summed E-state index contributed by atoms with van der Waals surface area (Å²) in [6.45, 7) is 4.10. The number of hydrogen-bond donors (Lipinski definition) is 1. The number of benzene rings is 2. The molecule has 0 aliphatic carbocycles. The molecule has 3 nitrogen and oxygen atoms in total. The van der Waals surface area contributed by atoms with Gasteiger partial charge in [-0.15, -0.1) is 0 Å². The number of aryl methyl sites for hydroxylation is 2. The molecule has 0 aliphatic heterocycles. The minimum atomic E-state index is 0.0423. The van der Waals surface area contributed by atoms with Gasteiger partial charge in [0.15, 0.2) is 11.5 Å². The molecule has 0 saturated heterocycles. The largest absolute Gasteiger partial charge is 0.493 e. The summed E-state index contributed by atoms with van der Waals surface area (Å²) in [5.74, 6) is 2.16. The third kappa shape index (κ3) is 3.11. The summed E-state index contributed by atoms with van der Waals surface area (Å²) in [7, 11) is 1.64. The van der Waals surface area contributed by atoms with Crippen LogP contribution in [-0.4, -0.2) is 12.2 Å². The smallest absolute Gasteiger partial charge is 0.169 e. The first-order valence-electron chi connectivity index (χ1n) is 6.73. The summed E-state index contributed by atoms with van der Waals surface area (Å²) in [5, 5.41) is 9.18. The molecular weight excluding hydrogens is 252 g/mol. The van der Waals surface area contributed by atoms with Crippen LogP contribution in [0.25, 0.3) is 0 Å². The summed E-state index contributed by atoms with van der Waals surface area (Å²) in [6.07, 6.45) is 0.959. The summed E-state index contributed by atoms with van der Waals surface area (Å²) >= 11 is 0. The highest BCUT2D eigenvalue weighted by Crippen LogP contribution is 2.33. The topological polar surface area (TPSA) is 38.7 Å². The highest BCUT2D eigenvalue weighted by atomic mass is 16.5. The monoisotopic (exact) mass is 272 g/mol. The molecule has 0 bridgehead atoms. The van der Waals surface area contributed by atoms with Crippen molar-refractivity contribution < 1.29 is 14.6 Å². The Labute approximate surface area is 119 Å². The van der Waals surface area contributed by atoms with Crippen molar-refractivity contribution in [1.82, 2.24) is 0 Å². The lowest BCUT2D eigenvalue weighted by atomic mass is 10.1. The summed E-state index contributed by atoms with van der Waals surface area (Å²) in [4.78, 5) is 0. The van der Waals surface area contributed by atoms with E-state index in [2.05, 4.69) is 6.92 Å². The Balaban J connectivity index is 2.27. The van der Waals surface area contributed by atoms with Gasteiger partial charge in [0.25, 0.3) is 0 Å². The van der Waals surface area contributed by atoms with E-state index in [9.17, 15) is 5.11 Å². The van der Waals surface area contributed by atoms with E-state index < -0.39 is 0 Å². The van der Waals surface area contributed by atoms with Crippen LogP contribution >= 0.6 is 0 Å². The van der Waals surface area contributed by atoms with Crippen molar-refractivity contribution in [3.8, 4) is 17.2 Å². The van der Waals surface area contributed by atoms with Crippen LogP contribution in [-0.2, 0) is 13.0 Å². The Kier molecular flexibility index (Phi) is 4.64. The summed E-state index contributed by atoms with van der Waals surface area (Å²) < 4.78 is 11.2. The SMILES string of the molecule is CCc1ccc(Oc2ccc(CO)c(C)c2)c(OC)c1. The van der Waals surface area contributed by atoms with Gasteiger partial charge in [0.1, 0.15) is 5.75 Å². The van der Waals surface area contributed by atoms with Gasteiger partial charge in [0.05, 0.1) is 13.7 Å². The van der Waals surface area contributed by atoms with Gasteiger partial charge < -0.3 is 14.6 Å². The molecular formula is C17H20O3. The van der Waals surface area contributed by atoms with E-state index in [0.717, 1.165) is 29.0 Å². The number of ether oxygens (including phenoxy) is 2. The molecule has 0 fully saturated rings. The van der Waals surface area contributed by atoms with Crippen molar-refractivity contribution in [1.29, 1.82) is 0 Å². The maximum Gasteiger partial charge on any atom is 0.169 e. The van der Waals surface area contributed by atoms with Crippen molar-refractivity contribution in [2.45, 2.75) is 26.9 Å². The third-order valence-corrected chi connectivity index (χ3v) is 3.35. The van der Waals surface area contributed by atoms with Crippen molar-refractivity contribution >= 4 is 0 Å². The van der Waals surface area contributed by atoms with E-state index in [4.69, 9.17) is 9.47 Å². The maximum absolute atomic E-state index is 9.18. The van der Waals surface area contributed by atoms with E-state index in [1.165, 1.54) is 5.56 Å². The van der Waals surface area contributed by atoms with E-state index >= 15 is 0 Å². The van der Waals surface area contributed by atoms with Crippen molar-refractivity contribution in [3.63, 3.8) is 0 Å². The second kappa shape index (κ2) is 6.44. The van der Waals surface area contributed by atoms with Crippen LogP contribution in [0, 0.1) is 6.92 Å². The fourth-order valence-corrected chi connectivity index (χ4v) is 2.05. The van der Waals surface area contributed by atoms with Crippen molar-refractivity contribution in [2.75, 3.05) is 7.11 Å². The molecule has 0 amide bonds. The van der Waals surface area contributed by atoms with Crippen LogP contribution in [0.1, 0.15) is 23.6 Å². The number of rotatable bonds is 5. The molecule has 3 heteroatoms. The molecule has 0 aliphatic rings. The number of aliphatic hydroxyl groups excluding tert-OH is 1. The third-order valence-electron chi connectivity index (χ3n) is 3.35. The number of aliphatic hydroxyl groups is 1. The molecule has 0 radical (unpaired) electrons. The normalized spacial score (nSPS) is 10.4. The van der Waals surface area contributed by atoms with Crippen molar-refractivity contribution in [2.24, 2.45) is 0 Å². The average Bonchev–Trinajstić information content (AvgIpc) is 2.48. The molecule has 0 atom stereocenters. The summed E-state index contributed by atoms with van der Waals surface area (Å²) in [5.41, 5.74) is 3.13. The fourth-order valence-electron chi connectivity index (χ4n) is 2.05. The molecule has 2 aromatic rings. The highest BCUT2D eigenvalue weighted by molar-refractivity contribution is 5.46. The maximum atomic E-state index is 9.18. The molecule has 0 spiro atoms. The highest BCUT2D eigenvalue weighted by Gasteiger charge is 2.07. The predicted octanol–water partition coefficient (Wildman–Crippen LogP) is 3.85. The quantitative estimate of drug-likeness (QED) is 0.898. The van der Waals surface area contributed by atoms with Gasteiger partial charge in [-0.1, -0.05) is 19.1 Å². The zero-order chi connectivity index (χ0) is 14.5. The van der Waals surface area contributed by atoms with Gasteiger partial charge in [-0.25, -0.2) is 0 Å². The van der Waals surface area contributed by atoms with Crippen LogP contribution in [0.3, 0.4) is 0 Å². The number of hydrogen-bond acceptors (Lipinski definition) is 3. The molecule has 2 aromatic carbocycles. The lowest BCUT2D eigenvalue weighted by Crippen LogP contribution is -1.94. The van der Waals surface area contributed by atoms with Gasteiger partial charge in [-0.3, -0.25) is 0 Å². The average molecular weight is 272 g/mol. The zero-order valence-electron chi connectivity index (χ0n) is 12.1. The predicted molar refractivity (Wildman–Crippen MR) is 79.5 cm³/mol. The number of methoxy groups -OCH3 is 1. The molecule has 0 aromatic heterocycles. The molecule has 20 heavy (non-hydrogen) atoms. The standard InChI is InChI=1S/C17H20O3/c1-4-13-5-8-16(17(10-13)19-3)20-15-7-6-14(11-18)12(2)9-15/h5-10,18H,4,11H2,1-3H3.